The van der Waals surface area contributed by atoms with Crippen molar-refractivity contribution in [2.75, 3.05) is 64.6 Å². The molecule has 164 valence electrons. The molecular weight excluding hydrogens is 390 g/mol. The van der Waals surface area contributed by atoms with Crippen molar-refractivity contribution in [3.63, 3.8) is 0 Å². The molecule has 1 saturated heterocycles. The Morgan fingerprint density at radius 2 is 1.79 bits per heavy atom. The van der Waals surface area contributed by atoms with Gasteiger partial charge in [-0.2, -0.15) is 4.31 Å². The van der Waals surface area contributed by atoms with E-state index in [-0.39, 0.29) is 18.5 Å². The Labute approximate surface area is 175 Å². The van der Waals surface area contributed by atoms with Crippen molar-refractivity contribution >= 4 is 21.7 Å². The monoisotopic (exact) mass is 425 g/mol. The first-order valence-electron chi connectivity index (χ1n) is 10.0. The van der Waals surface area contributed by atoms with Gasteiger partial charge in [-0.05, 0) is 31.5 Å². The average Bonchev–Trinajstić information content (AvgIpc) is 2.68. The summed E-state index contributed by atoms with van der Waals surface area (Å²) < 4.78 is 31.9. The second-order valence-electron chi connectivity index (χ2n) is 7.58. The summed E-state index contributed by atoms with van der Waals surface area (Å²) in [6, 6.07) is 8.37. The third-order valence-electron chi connectivity index (χ3n) is 4.84. The Morgan fingerprint density at radius 1 is 1.17 bits per heavy atom. The second kappa shape index (κ2) is 10.8. The predicted molar refractivity (Wildman–Crippen MR) is 119 cm³/mol. The lowest BCUT2D eigenvalue weighted by Gasteiger charge is -2.35. The summed E-state index contributed by atoms with van der Waals surface area (Å²) in [5.41, 5.74) is 2.33. The number of rotatable bonds is 8. The van der Waals surface area contributed by atoms with E-state index in [1.807, 2.05) is 27.9 Å². The standard InChI is InChI=1S/C20H35N5O3S/c1-17(2)28-14-15-29(26,27)25-12-10-24(11-13-25)20(21-3)22-16-18-6-8-19(9-7-18)23(4)5/h6-9,17H,10-16H2,1-5H3,(H,21,22). The molecular formula is C20H35N5O3S. The quantitative estimate of drug-likeness (QED) is 0.498. The number of ether oxygens (including phenoxy) is 1. The second-order valence-corrected chi connectivity index (χ2v) is 9.67. The Morgan fingerprint density at radius 3 is 2.31 bits per heavy atom. The van der Waals surface area contributed by atoms with Crippen molar-refractivity contribution in [3.8, 4) is 0 Å². The van der Waals surface area contributed by atoms with Gasteiger partial charge < -0.3 is 19.9 Å². The number of anilines is 1. The molecule has 8 nitrogen and oxygen atoms in total. The fourth-order valence-electron chi connectivity index (χ4n) is 3.12. The van der Waals surface area contributed by atoms with Crippen LogP contribution in [-0.4, -0.2) is 89.4 Å². The molecule has 1 N–H and O–H groups in total. The Bertz CT molecular complexity index is 755. The molecule has 0 amide bonds. The molecule has 0 spiro atoms. The van der Waals surface area contributed by atoms with Gasteiger partial charge in [0.05, 0.1) is 18.5 Å². The summed E-state index contributed by atoms with van der Waals surface area (Å²) in [4.78, 5) is 8.53. The number of nitrogens with one attached hydrogen (secondary N) is 1. The van der Waals surface area contributed by atoms with Crippen LogP contribution in [0.25, 0.3) is 0 Å². The fourth-order valence-corrected chi connectivity index (χ4v) is 4.41. The van der Waals surface area contributed by atoms with Crippen molar-refractivity contribution < 1.29 is 13.2 Å². The van der Waals surface area contributed by atoms with E-state index in [0.717, 1.165) is 11.6 Å². The molecule has 0 aromatic heterocycles. The summed E-state index contributed by atoms with van der Waals surface area (Å²) in [7, 11) is 2.51. The number of aliphatic imine (C=N–C) groups is 1. The van der Waals surface area contributed by atoms with Crippen molar-refractivity contribution in [2.24, 2.45) is 4.99 Å². The van der Waals surface area contributed by atoms with Crippen LogP contribution in [0.5, 0.6) is 0 Å². The van der Waals surface area contributed by atoms with E-state index in [2.05, 4.69) is 44.4 Å². The first-order valence-corrected chi connectivity index (χ1v) is 11.6. The van der Waals surface area contributed by atoms with Gasteiger partial charge >= 0.3 is 0 Å². The van der Waals surface area contributed by atoms with Crippen LogP contribution in [-0.2, 0) is 21.3 Å². The third-order valence-corrected chi connectivity index (χ3v) is 6.67. The van der Waals surface area contributed by atoms with Gasteiger partial charge in [-0.15, -0.1) is 0 Å². The maximum atomic E-state index is 12.5. The molecule has 0 unspecified atom stereocenters. The predicted octanol–water partition coefficient (Wildman–Crippen LogP) is 1.20. The molecule has 1 aliphatic heterocycles. The smallest absolute Gasteiger partial charge is 0.216 e. The molecule has 2 rings (SSSR count). The SMILES string of the molecule is CN=C(NCc1ccc(N(C)C)cc1)N1CCN(S(=O)(=O)CCOC(C)C)CC1. The van der Waals surface area contributed by atoms with Gasteiger partial charge in [-0.1, -0.05) is 12.1 Å². The molecule has 0 saturated carbocycles. The number of guanidine groups is 1. The maximum absolute atomic E-state index is 12.5. The molecule has 29 heavy (non-hydrogen) atoms. The van der Waals surface area contributed by atoms with E-state index in [1.165, 1.54) is 5.56 Å². The highest BCUT2D eigenvalue weighted by molar-refractivity contribution is 7.89. The molecule has 0 aliphatic carbocycles. The van der Waals surface area contributed by atoms with Crippen molar-refractivity contribution in [2.45, 2.75) is 26.5 Å². The summed E-state index contributed by atoms with van der Waals surface area (Å²) in [6.45, 7) is 6.86. The minimum atomic E-state index is -3.28. The van der Waals surface area contributed by atoms with Gasteiger partial charge in [0.2, 0.25) is 10.0 Å². The van der Waals surface area contributed by atoms with Crippen molar-refractivity contribution in [1.82, 2.24) is 14.5 Å². The highest BCUT2D eigenvalue weighted by atomic mass is 32.2. The largest absolute Gasteiger partial charge is 0.378 e. The third kappa shape index (κ3) is 7.17. The van der Waals surface area contributed by atoms with Crippen LogP contribution in [0.4, 0.5) is 5.69 Å². The van der Waals surface area contributed by atoms with Gasteiger partial charge in [-0.3, -0.25) is 4.99 Å². The molecule has 0 radical (unpaired) electrons. The number of benzene rings is 1. The zero-order valence-electron chi connectivity index (χ0n) is 18.3. The molecule has 1 fully saturated rings. The first-order chi connectivity index (χ1) is 13.7. The van der Waals surface area contributed by atoms with Gasteiger partial charge in [0.1, 0.15) is 0 Å². The maximum Gasteiger partial charge on any atom is 0.216 e. The van der Waals surface area contributed by atoms with Crippen molar-refractivity contribution in [3.05, 3.63) is 29.8 Å². The highest BCUT2D eigenvalue weighted by Gasteiger charge is 2.27. The molecule has 1 aromatic carbocycles. The zero-order chi connectivity index (χ0) is 21.4. The van der Waals surface area contributed by atoms with Crippen LogP contribution < -0.4 is 10.2 Å². The normalized spacial score (nSPS) is 16.3. The minimum Gasteiger partial charge on any atom is -0.378 e. The lowest BCUT2D eigenvalue weighted by atomic mass is 10.2. The van der Waals surface area contributed by atoms with E-state index >= 15 is 0 Å². The van der Waals surface area contributed by atoms with Crippen LogP contribution in [0.1, 0.15) is 19.4 Å². The molecule has 0 bridgehead atoms. The van der Waals surface area contributed by atoms with E-state index in [9.17, 15) is 8.42 Å². The Hall–Kier alpha value is -1.84. The average molecular weight is 426 g/mol. The van der Waals surface area contributed by atoms with E-state index < -0.39 is 10.0 Å². The van der Waals surface area contributed by atoms with Gasteiger partial charge in [0.25, 0.3) is 0 Å². The lowest BCUT2D eigenvalue weighted by Crippen LogP contribution is -2.54. The van der Waals surface area contributed by atoms with E-state index in [0.29, 0.717) is 32.7 Å². The summed E-state index contributed by atoms with van der Waals surface area (Å²) in [5.74, 6) is 0.822. The topological polar surface area (TPSA) is 77.5 Å². The van der Waals surface area contributed by atoms with Gasteiger partial charge in [-0.25, -0.2) is 8.42 Å². The van der Waals surface area contributed by atoms with Crippen LogP contribution in [0.2, 0.25) is 0 Å². The lowest BCUT2D eigenvalue weighted by molar-refractivity contribution is 0.0904. The summed E-state index contributed by atoms with van der Waals surface area (Å²) in [6.07, 6.45) is 0.0375. The zero-order valence-corrected chi connectivity index (χ0v) is 19.1. The van der Waals surface area contributed by atoms with E-state index in [4.69, 9.17) is 4.74 Å². The molecule has 1 aromatic rings. The van der Waals surface area contributed by atoms with Crippen LogP contribution in [0.3, 0.4) is 0 Å². The van der Waals surface area contributed by atoms with E-state index in [1.54, 1.807) is 11.4 Å². The first kappa shape index (κ1) is 23.4. The fraction of sp³-hybridized carbons (Fsp3) is 0.650. The number of hydrogen-bond acceptors (Lipinski definition) is 5. The highest BCUT2D eigenvalue weighted by Crippen LogP contribution is 2.13. The van der Waals surface area contributed by atoms with Gasteiger partial charge in [0, 0.05) is 59.6 Å². The molecule has 1 aliphatic rings. The van der Waals surface area contributed by atoms with Crippen molar-refractivity contribution in [1.29, 1.82) is 0 Å². The Balaban J connectivity index is 1.83. The van der Waals surface area contributed by atoms with Crippen LogP contribution in [0, 0.1) is 0 Å². The number of sulfonamides is 1. The number of hydrogen-bond donors (Lipinski definition) is 1. The molecule has 0 atom stereocenters. The van der Waals surface area contributed by atoms with Gasteiger partial charge in [0.15, 0.2) is 5.96 Å². The molecule has 1 heterocycles. The number of nitrogens with zero attached hydrogens (tertiary/aromatic N) is 4. The van der Waals surface area contributed by atoms with Crippen LogP contribution in [0.15, 0.2) is 29.3 Å². The Kier molecular flexibility index (Phi) is 8.73. The van der Waals surface area contributed by atoms with Crippen LogP contribution >= 0.6 is 0 Å². The summed E-state index contributed by atoms with van der Waals surface area (Å²) in [5, 5.41) is 3.38. The molecule has 9 heteroatoms. The minimum absolute atomic E-state index is 0.0289. The summed E-state index contributed by atoms with van der Waals surface area (Å²) >= 11 is 0. The number of piperazine rings is 1.